The van der Waals surface area contributed by atoms with Gasteiger partial charge >= 0.3 is 0 Å². The number of rotatable bonds is 5. The highest BCUT2D eigenvalue weighted by atomic mass is 32.2. The Morgan fingerprint density at radius 3 is 2.29 bits per heavy atom. The summed E-state index contributed by atoms with van der Waals surface area (Å²) >= 11 is 1.97. The largest absolute Gasteiger partial charge is 0.126 e. The average Bonchev–Trinajstić information content (AvgIpc) is 2.19. The lowest BCUT2D eigenvalue weighted by Gasteiger charge is -2.06. The van der Waals surface area contributed by atoms with Crippen molar-refractivity contribution in [2.24, 2.45) is 0 Å². The van der Waals surface area contributed by atoms with Gasteiger partial charge in [0.25, 0.3) is 0 Å². The van der Waals surface area contributed by atoms with E-state index in [4.69, 9.17) is 0 Å². The second-order valence-electron chi connectivity index (χ2n) is 3.93. The molecular formula is C13H20S. The Bertz CT molecular complexity index is 248. The summed E-state index contributed by atoms with van der Waals surface area (Å²) in [5.74, 6) is 1.89. The van der Waals surface area contributed by atoms with Gasteiger partial charge in [-0.2, -0.15) is 0 Å². The van der Waals surface area contributed by atoms with Crippen molar-refractivity contribution in [2.75, 3.05) is 5.75 Å². The molecule has 0 N–H and O–H groups in total. The van der Waals surface area contributed by atoms with Crippen molar-refractivity contribution in [1.82, 2.24) is 0 Å². The van der Waals surface area contributed by atoms with Crippen LogP contribution in [0.3, 0.4) is 0 Å². The minimum atomic E-state index is 0.643. The van der Waals surface area contributed by atoms with E-state index in [1.165, 1.54) is 29.1 Å². The van der Waals surface area contributed by atoms with Crippen molar-refractivity contribution in [3.05, 3.63) is 29.8 Å². The second-order valence-corrected chi connectivity index (χ2v) is 5.09. The molecule has 14 heavy (non-hydrogen) atoms. The monoisotopic (exact) mass is 208 g/mol. The highest BCUT2D eigenvalue weighted by Crippen LogP contribution is 2.22. The van der Waals surface area contributed by atoms with Crippen LogP contribution >= 0.6 is 11.8 Å². The van der Waals surface area contributed by atoms with E-state index in [-0.39, 0.29) is 0 Å². The zero-order chi connectivity index (χ0) is 10.4. The first-order chi connectivity index (χ1) is 6.74. The summed E-state index contributed by atoms with van der Waals surface area (Å²) in [6.07, 6.45) is 2.60. The Labute approximate surface area is 92.1 Å². The molecule has 0 heterocycles. The summed E-state index contributed by atoms with van der Waals surface area (Å²) in [5, 5.41) is 0. The summed E-state index contributed by atoms with van der Waals surface area (Å²) in [5.41, 5.74) is 1.44. The molecule has 0 fully saturated rings. The van der Waals surface area contributed by atoms with E-state index in [1.807, 2.05) is 11.8 Å². The van der Waals surface area contributed by atoms with Crippen LogP contribution in [0.2, 0.25) is 0 Å². The van der Waals surface area contributed by atoms with Crippen LogP contribution in [-0.2, 0) is 0 Å². The first kappa shape index (κ1) is 11.6. The number of hydrogen-bond donors (Lipinski definition) is 0. The van der Waals surface area contributed by atoms with Gasteiger partial charge < -0.3 is 0 Å². The van der Waals surface area contributed by atoms with Crippen LogP contribution in [0.4, 0.5) is 0 Å². The molecule has 0 bridgehead atoms. The molecule has 1 aromatic rings. The SMILES string of the molecule is CCCCSc1ccc(C(C)C)cc1. The summed E-state index contributed by atoms with van der Waals surface area (Å²) in [4.78, 5) is 1.41. The predicted octanol–water partition coefficient (Wildman–Crippen LogP) is 4.70. The van der Waals surface area contributed by atoms with Crippen LogP contribution in [0, 0.1) is 0 Å². The van der Waals surface area contributed by atoms with E-state index < -0.39 is 0 Å². The first-order valence-corrected chi connectivity index (χ1v) is 6.45. The molecule has 0 aliphatic carbocycles. The minimum absolute atomic E-state index is 0.643. The molecule has 0 saturated heterocycles. The lowest BCUT2D eigenvalue weighted by Crippen LogP contribution is -1.86. The lowest BCUT2D eigenvalue weighted by molar-refractivity contribution is 0.864. The van der Waals surface area contributed by atoms with Crippen molar-refractivity contribution in [3.63, 3.8) is 0 Å². The third-order valence-corrected chi connectivity index (χ3v) is 3.41. The Morgan fingerprint density at radius 2 is 1.79 bits per heavy atom. The van der Waals surface area contributed by atoms with Crippen LogP contribution in [0.15, 0.2) is 29.2 Å². The van der Waals surface area contributed by atoms with Gasteiger partial charge in [0, 0.05) is 4.90 Å². The Hall–Kier alpha value is -0.430. The maximum absolute atomic E-state index is 2.25. The van der Waals surface area contributed by atoms with Crippen molar-refractivity contribution in [1.29, 1.82) is 0 Å². The normalized spacial score (nSPS) is 10.9. The van der Waals surface area contributed by atoms with Crippen LogP contribution in [0.25, 0.3) is 0 Å². The van der Waals surface area contributed by atoms with E-state index in [1.54, 1.807) is 0 Å². The molecule has 0 aliphatic rings. The van der Waals surface area contributed by atoms with Crippen molar-refractivity contribution >= 4 is 11.8 Å². The van der Waals surface area contributed by atoms with E-state index in [0.29, 0.717) is 5.92 Å². The van der Waals surface area contributed by atoms with Crippen LogP contribution < -0.4 is 0 Å². The average molecular weight is 208 g/mol. The van der Waals surface area contributed by atoms with Crippen molar-refractivity contribution < 1.29 is 0 Å². The highest BCUT2D eigenvalue weighted by Gasteiger charge is 1.98. The first-order valence-electron chi connectivity index (χ1n) is 5.46. The van der Waals surface area contributed by atoms with Gasteiger partial charge in [-0.05, 0) is 35.8 Å². The number of thioether (sulfide) groups is 1. The summed E-state index contributed by atoms with van der Waals surface area (Å²) in [7, 11) is 0. The standard InChI is InChI=1S/C13H20S/c1-4-5-10-14-13-8-6-12(7-9-13)11(2)3/h6-9,11H,4-5,10H2,1-3H3. The van der Waals surface area contributed by atoms with Crippen LogP contribution in [-0.4, -0.2) is 5.75 Å². The molecule has 1 aromatic carbocycles. The maximum Gasteiger partial charge on any atom is 0.00721 e. The second kappa shape index (κ2) is 6.13. The summed E-state index contributed by atoms with van der Waals surface area (Å²) in [6, 6.07) is 8.99. The number of unbranched alkanes of at least 4 members (excludes halogenated alkanes) is 1. The summed E-state index contributed by atoms with van der Waals surface area (Å²) < 4.78 is 0. The zero-order valence-electron chi connectivity index (χ0n) is 9.42. The van der Waals surface area contributed by atoms with E-state index in [0.717, 1.165) is 0 Å². The Morgan fingerprint density at radius 1 is 1.14 bits per heavy atom. The summed E-state index contributed by atoms with van der Waals surface area (Å²) in [6.45, 7) is 6.71. The minimum Gasteiger partial charge on any atom is -0.126 e. The third kappa shape index (κ3) is 3.75. The Balaban J connectivity index is 2.47. The van der Waals surface area contributed by atoms with E-state index in [2.05, 4.69) is 45.0 Å². The fraction of sp³-hybridized carbons (Fsp3) is 0.538. The van der Waals surface area contributed by atoms with Crippen molar-refractivity contribution in [2.45, 2.75) is 44.4 Å². The maximum atomic E-state index is 2.25. The smallest absolute Gasteiger partial charge is 0.00721 e. The topological polar surface area (TPSA) is 0 Å². The molecule has 1 rings (SSSR count). The number of hydrogen-bond acceptors (Lipinski definition) is 1. The van der Waals surface area contributed by atoms with Gasteiger partial charge in [-0.3, -0.25) is 0 Å². The van der Waals surface area contributed by atoms with Gasteiger partial charge in [-0.15, -0.1) is 11.8 Å². The van der Waals surface area contributed by atoms with Gasteiger partial charge in [0.1, 0.15) is 0 Å². The zero-order valence-corrected chi connectivity index (χ0v) is 10.2. The van der Waals surface area contributed by atoms with E-state index >= 15 is 0 Å². The molecule has 0 aliphatic heterocycles. The molecule has 0 spiro atoms. The van der Waals surface area contributed by atoms with Crippen molar-refractivity contribution in [3.8, 4) is 0 Å². The molecule has 0 amide bonds. The predicted molar refractivity (Wildman–Crippen MR) is 66.2 cm³/mol. The highest BCUT2D eigenvalue weighted by molar-refractivity contribution is 7.99. The molecule has 0 saturated carbocycles. The van der Waals surface area contributed by atoms with Gasteiger partial charge in [-0.25, -0.2) is 0 Å². The van der Waals surface area contributed by atoms with Gasteiger partial charge in [0.15, 0.2) is 0 Å². The van der Waals surface area contributed by atoms with Gasteiger partial charge in [0.2, 0.25) is 0 Å². The molecule has 0 aromatic heterocycles. The molecule has 0 nitrogen and oxygen atoms in total. The molecular weight excluding hydrogens is 188 g/mol. The lowest BCUT2D eigenvalue weighted by atomic mass is 10.0. The van der Waals surface area contributed by atoms with E-state index in [9.17, 15) is 0 Å². The molecule has 0 unspecified atom stereocenters. The number of benzene rings is 1. The molecule has 0 radical (unpaired) electrons. The molecule has 0 atom stereocenters. The quantitative estimate of drug-likeness (QED) is 0.499. The third-order valence-electron chi connectivity index (χ3n) is 2.31. The molecule has 78 valence electrons. The van der Waals surface area contributed by atoms with Gasteiger partial charge in [0.05, 0.1) is 0 Å². The molecule has 1 heteroatoms. The van der Waals surface area contributed by atoms with Crippen LogP contribution in [0.5, 0.6) is 0 Å². The fourth-order valence-electron chi connectivity index (χ4n) is 1.28. The van der Waals surface area contributed by atoms with Crippen LogP contribution in [0.1, 0.15) is 45.1 Å². The fourth-order valence-corrected chi connectivity index (χ4v) is 2.28. The van der Waals surface area contributed by atoms with Gasteiger partial charge in [-0.1, -0.05) is 39.3 Å². The Kier molecular flexibility index (Phi) is 5.10.